The standard InChI is InChI=1S/C20H22ClN3O5S/c1-13-6-7-16(24(26)27)12-19(13)30(28,29)23-10-8-15(9-11-23)20(25)22-18-5-3-4-17(21)14(18)2/h3-7,12,15H,8-11H2,1-2H3,(H,22,25). The average Bonchev–Trinajstić information content (AvgIpc) is 2.71. The Morgan fingerprint density at radius 2 is 1.87 bits per heavy atom. The fourth-order valence-corrected chi connectivity index (χ4v) is 5.34. The van der Waals surface area contributed by atoms with Gasteiger partial charge in [0, 0.05) is 41.9 Å². The van der Waals surface area contributed by atoms with Crippen molar-refractivity contribution >= 4 is 38.9 Å². The van der Waals surface area contributed by atoms with E-state index in [0.29, 0.717) is 29.1 Å². The molecule has 2 aromatic carbocycles. The molecule has 0 bridgehead atoms. The van der Waals surface area contributed by atoms with Gasteiger partial charge < -0.3 is 5.32 Å². The van der Waals surface area contributed by atoms with Crippen LogP contribution in [-0.2, 0) is 14.8 Å². The Hall–Kier alpha value is -2.49. The van der Waals surface area contributed by atoms with Crippen molar-refractivity contribution in [3.05, 3.63) is 62.7 Å². The van der Waals surface area contributed by atoms with Gasteiger partial charge in [-0.05, 0) is 49.9 Å². The minimum atomic E-state index is -3.89. The summed E-state index contributed by atoms with van der Waals surface area (Å²) in [4.78, 5) is 23.0. The van der Waals surface area contributed by atoms with Crippen molar-refractivity contribution < 1.29 is 18.1 Å². The Bertz CT molecular complexity index is 1100. The number of carbonyl (C=O) groups excluding carboxylic acids is 1. The fourth-order valence-electron chi connectivity index (χ4n) is 3.46. The van der Waals surface area contributed by atoms with Crippen LogP contribution in [0.5, 0.6) is 0 Å². The van der Waals surface area contributed by atoms with E-state index in [1.807, 2.05) is 6.92 Å². The van der Waals surface area contributed by atoms with Crippen LogP contribution in [0.3, 0.4) is 0 Å². The zero-order valence-corrected chi connectivity index (χ0v) is 18.2. The highest BCUT2D eigenvalue weighted by Gasteiger charge is 2.33. The van der Waals surface area contributed by atoms with Crippen molar-refractivity contribution in [3.8, 4) is 0 Å². The van der Waals surface area contributed by atoms with Gasteiger partial charge in [0.1, 0.15) is 0 Å². The summed E-state index contributed by atoms with van der Waals surface area (Å²) < 4.78 is 27.3. The summed E-state index contributed by atoms with van der Waals surface area (Å²) >= 11 is 6.09. The number of halogens is 1. The van der Waals surface area contributed by atoms with Crippen molar-refractivity contribution in [1.29, 1.82) is 0 Å². The van der Waals surface area contributed by atoms with Gasteiger partial charge in [-0.1, -0.05) is 23.7 Å². The van der Waals surface area contributed by atoms with Crippen molar-refractivity contribution in [2.24, 2.45) is 5.92 Å². The molecule has 0 aliphatic carbocycles. The Morgan fingerprint density at radius 1 is 1.20 bits per heavy atom. The molecular formula is C20H22ClN3O5S. The zero-order valence-electron chi connectivity index (χ0n) is 16.6. The molecule has 1 aliphatic rings. The number of hydrogen-bond acceptors (Lipinski definition) is 5. The molecular weight excluding hydrogens is 430 g/mol. The van der Waals surface area contributed by atoms with Gasteiger partial charge in [-0.25, -0.2) is 8.42 Å². The van der Waals surface area contributed by atoms with Crippen LogP contribution in [0.4, 0.5) is 11.4 Å². The largest absolute Gasteiger partial charge is 0.326 e. The summed E-state index contributed by atoms with van der Waals surface area (Å²) in [6, 6.07) is 9.06. The number of carbonyl (C=O) groups is 1. The van der Waals surface area contributed by atoms with Gasteiger partial charge in [0.25, 0.3) is 5.69 Å². The monoisotopic (exact) mass is 451 g/mol. The summed E-state index contributed by atoms with van der Waals surface area (Å²) in [5.74, 6) is -0.509. The second kappa shape index (κ2) is 8.71. The van der Waals surface area contributed by atoms with E-state index in [0.717, 1.165) is 11.6 Å². The number of benzene rings is 2. The third kappa shape index (κ3) is 4.48. The van der Waals surface area contributed by atoms with E-state index in [-0.39, 0.29) is 35.5 Å². The second-order valence-electron chi connectivity index (χ2n) is 7.29. The maximum absolute atomic E-state index is 13.0. The minimum Gasteiger partial charge on any atom is -0.326 e. The number of aryl methyl sites for hydroxylation is 1. The number of nitro groups is 1. The van der Waals surface area contributed by atoms with Crippen LogP contribution in [0.25, 0.3) is 0 Å². The summed E-state index contributed by atoms with van der Waals surface area (Å²) in [6.45, 7) is 3.74. The van der Waals surface area contributed by atoms with Gasteiger partial charge in [-0.2, -0.15) is 4.31 Å². The quantitative estimate of drug-likeness (QED) is 0.547. The van der Waals surface area contributed by atoms with Gasteiger partial charge in [0.15, 0.2) is 0 Å². The predicted molar refractivity (Wildman–Crippen MR) is 114 cm³/mol. The van der Waals surface area contributed by atoms with Gasteiger partial charge in [0.05, 0.1) is 9.82 Å². The first-order valence-corrected chi connectivity index (χ1v) is 11.2. The van der Waals surface area contributed by atoms with E-state index in [1.165, 1.54) is 16.4 Å². The molecule has 0 saturated carbocycles. The number of hydrogen-bond donors (Lipinski definition) is 1. The Labute approximate surface area is 180 Å². The van der Waals surface area contributed by atoms with E-state index in [4.69, 9.17) is 11.6 Å². The van der Waals surface area contributed by atoms with Crippen LogP contribution in [0.15, 0.2) is 41.3 Å². The van der Waals surface area contributed by atoms with E-state index in [1.54, 1.807) is 25.1 Å². The minimum absolute atomic E-state index is 0.0749. The molecule has 0 unspecified atom stereocenters. The van der Waals surface area contributed by atoms with Crippen LogP contribution in [0.1, 0.15) is 24.0 Å². The smallest absolute Gasteiger partial charge is 0.270 e. The Kier molecular flexibility index (Phi) is 6.44. The van der Waals surface area contributed by atoms with Gasteiger partial charge >= 0.3 is 0 Å². The fraction of sp³-hybridized carbons (Fsp3) is 0.350. The van der Waals surface area contributed by atoms with E-state index >= 15 is 0 Å². The molecule has 1 amide bonds. The molecule has 30 heavy (non-hydrogen) atoms. The number of nitro benzene ring substituents is 1. The van der Waals surface area contributed by atoms with E-state index < -0.39 is 14.9 Å². The van der Waals surface area contributed by atoms with Gasteiger partial charge in [0.2, 0.25) is 15.9 Å². The molecule has 0 atom stereocenters. The maximum Gasteiger partial charge on any atom is 0.270 e. The maximum atomic E-state index is 13.0. The van der Waals surface area contributed by atoms with Crippen LogP contribution in [0.2, 0.25) is 5.02 Å². The third-order valence-electron chi connectivity index (χ3n) is 5.35. The highest BCUT2D eigenvalue weighted by atomic mass is 35.5. The lowest BCUT2D eigenvalue weighted by Gasteiger charge is -2.31. The molecule has 3 rings (SSSR count). The van der Waals surface area contributed by atoms with Crippen molar-refractivity contribution in [1.82, 2.24) is 4.31 Å². The average molecular weight is 452 g/mol. The van der Waals surface area contributed by atoms with Crippen LogP contribution in [-0.4, -0.2) is 36.6 Å². The second-order valence-corrected chi connectivity index (χ2v) is 9.60. The molecule has 160 valence electrons. The molecule has 8 nitrogen and oxygen atoms in total. The van der Waals surface area contributed by atoms with Crippen molar-refractivity contribution in [2.75, 3.05) is 18.4 Å². The number of rotatable bonds is 5. The number of non-ortho nitro benzene ring substituents is 1. The van der Waals surface area contributed by atoms with Crippen LogP contribution in [0, 0.1) is 29.9 Å². The lowest BCUT2D eigenvalue weighted by molar-refractivity contribution is -0.385. The first-order chi connectivity index (χ1) is 14.1. The topological polar surface area (TPSA) is 110 Å². The molecule has 2 aromatic rings. The number of piperidine rings is 1. The van der Waals surface area contributed by atoms with Crippen molar-refractivity contribution in [3.63, 3.8) is 0 Å². The SMILES string of the molecule is Cc1ccc([N+](=O)[O-])cc1S(=O)(=O)N1CCC(C(=O)Nc2cccc(Cl)c2C)CC1. The highest BCUT2D eigenvalue weighted by Crippen LogP contribution is 2.29. The van der Waals surface area contributed by atoms with Gasteiger partial charge in [-0.15, -0.1) is 0 Å². The summed E-state index contributed by atoms with van der Waals surface area (Å²) in [6.07, 6.45) is 0.720. The van der Waals surface area contributed by atoms with Gasteiger partial charge in [-0.3, -0.25) is 14.9 Å². The molecule has 1 fully saturated rings. The molecule has 0 radical (unpaired) electrons. The molecule has 1 saturated heterocycles. The molecule has 1 aliphatic heterocycles. The number of sulfonamides is 1. The normalized spacial score (nSPS) is 15.7. The highest BCUT2D eigenvalue weighted by molar-refractivity contribution is 7.89. The first kappa shape index (κ1) is 22.2. The summed E-state index contributed by atoms with van der Waals surface area (Å²) in [5, 5.41) is 14.5. The Balaban J connectivity index is 1.70. The third-order valence-corrected chi connectivity index (χ3v) is 7.80. The summed E-state index contributed by atoms with van der Waals surface area (Å²) in [7, 11) is -3.89. The van der Waals surface area contributed by atoms with E-state index in [2.05, 4.69) is 5.32 Å². The van der Waals surface area contributed by atoms with Crippen molar-refractivity contribution in [2.45, 2.75) is 31.6 Å². The summed E-state index contributed by atoms with van der Waals surface area (Å²) in [5.41, 5.74) is 1.57. The molecule has 10 heteroatoms. The number of nitrogens with zero attached hydrogens (tertiary/aromatic N) is 2. The van der Waals surface area contributed by atoms with E-state index in [9.17, 15) is 23.3 Å². The first-order valence-electron chi connectivity index (χ1n) is 9.42. The molecule has 0 spiro atoms. The lowest BCUT2D eigenvalue weighted by Crippen LogP contribution is -2.41. The zero-order chi connectivity index (χ0) is 22.1. The number of amides is 1. The number of anilines is 1. The molecule has 1 N–H and O–H groups in total. The van der Waals surface area contributed by atoms with Crippen LogP contribution < -0.4 is 5.32 Å². The Morgan fingerprint density at radius 3 is 2.50 bits per heavy atom. The number of nitrogens with one attached hydrogen (secondary N) is 1. The van der Waals surface area contributed by atoms with Crippen LogP contribution >= 0.6 is 11.6 Å². The molecule has 0 aromatic heterocycles. The lowest BCUT2D eigenvalue weighted by atomic mass is 9.97. The molecule has 1 heterocycles. The predicted octanol–water partition coefficient (Wildman–Crippen LogP) is 3.90.